The van der Waals surface area contributed by atoms with Gasteiger partial charge in [-0.1, -0.05) is 0 Å². The van der Waals surface area contributed by atoms with Crippen LogP contribution in [0.1, 0.15) is 26.7 Å². The highest BCUT2D eigenvalue weighted by Crippen LogP contribution is 1.96. The van der Waals surface area contributed by atoms with Crippen LogP contribution in [0.25, 0.3) is 0 Å². The maximum absolute atomic E-state index is 11.6. The number of rotatable bonds is 8. The van der Waals surface area contributed by atoms with E-state index in [2.05, 4.69) is 23.3 Å². The van der Waals surface area contributed by atoms with Crippen molar-refractivity contribution in [2.45, 2.75) is 38.8 Å². The molecule has 0 rings (SSSR count). The first-order chi connectivity index (χ1) is 8.36. The first-order valence-electron chi connectivity index (χ1n) is 5.79. The summed E-state index contributed by atoms with van der Waals surface area (Å²) in [6.07, 6.45) is 0.822. The molecule has 0 aromatic rings. The van der Waals surface area contributed by atoms with Crippen molar-refractivity contribution in [2.24, 2.45) is 5.73 Å². The molecule has 0 spiro atoms. The number of carbonyl (C=O) groups excluding carboxylic acids is 3. The number of nitrogens with two attached hydrogens (primary N) is 1. The molecule has 0 aromatic carbocycles. The Morgan fingerprint density at radius 2 is 1.94 bits per heavy atom. The molecule has 0 aliphatic carbocycles. The zero-order valence-corrected chi connectivity index (χ0v) is 11.6. The highest BCUT2D eigenvalue weighted by molar-refractivity contribution is 7.80. The number of nitrogens with one attached hydrogen (secondary N) is 2. The molecular weight excluding hydrogens is 254 g/mol. The SMILES string of the molecule is CC(=O)CNC(=O)C(CS)NC(=O)CCC(C)N. The van der Waals surface area contributed by atoms with Crippen LogP contribution in [0.5, 0.6) is 0 Å². The molecular formula is C11H21N3O3S. The third-order valence-corrected chi connectivity index (χ3v) is 2.54. The Balaban J connectivity index is 4.12. The van der Waals surface area contributed by atoms with Crippen molar-refractivity contribution in [3.05, 3.63) is 0 Å². The molecule has 18 heavy (non-hydrogen) atoms. The van der Waals surface area contributed by atoms with E-state index in [9.17, 15) is 14.4 Å². The van der Waals surface area contributed by atoms with Crippen molar-refractivity contribution in [1.29, 1.82) is 0 Å². The smallest absolute Gasteiger partial charge is 0.243 e. The van der Waals surface area contributed by atoms with Crippen LogP contribution in [0, 0.1) is 0 Å². The van der Waals surface area contributed by atoms with E-state index in [0.717, 1.165) is 0 Å². The summed E-state index contributed by atoms with van der Waals surface area (Å²) < 4.78 is 0. The molecule has 0 bridgehead atoms. The number of hydrogen-bond donors (Lipinski definition) is 4. The topological polar surface area (TPSA) is 101 Å². The highest BCUT2D eigenvalue weighted by atomic mass is 32.1. The largest absolute Gasteiger partial charge is 0.347 e. The van der Waals surface area contributed by atoms with Gasteiger partial charge in [-0.15, -0.1) is 0 Å². The maximum Gasteiger partial charge on any atom is 0.243 e. The summed E-state index contributed by atoms with van der Waals surface area (Å²) >= 11 is 4.00. The molecule has 0 aromatic heterocycles. The van der Waals surface area contributed by atoms with Gasteiger partial charge in [0.15, 0.2) is 0 Å². The van der Waals surface area contributed by atoms with Gasteiger partial charge in [0.25, 0.3) is 0 Å². The molecule has 0 fully saturated rings. The maximum atomic E-state index is 11.6. The summed E-state index contributed by atoms with van der Waals surface area (Å²) in [7, 11) is 0. The third kappa shape index (κ3) is 8.08. The van der Waals surface area contributed by atoms with Crippen molar-refractivity contribution in [1.82, 2.24) is 10.6 Å². The van der Waals surface area contributed by atoms with Gasteiger partial charge in [-0.05, 0) is 20.3 Å². The van der Waals surface area contributed by atoms with Gasteiger partial charge in [-0.25, -0.2) is 0 Å². The van der Waals surface area contributed by atoms with Crippen LogP contribution in [0.2, 0.25) is 0 Å². The molecule has 7 heteroatoms. The van der Waals surface area contributed by atoms with Crippen molar-refractivity contribution in [3.8, 4) is 0 Å². The number of amides is 2. The Kier molecular flexibility index (Phi) is 8.40. The fourth-order valence-corrected chi connectivity index (χ4v) is 1.41. The van der Waals surface area contributed by atoms with Gasteiger partial charge in [0.2, 0.25) is 11.8 Å². The number of ketones is 1. The average Bonchev–Trinajstić information content (AvgIpc) is 2.30. The minimum Gasteiger partial charge on any atom is -0.347 e. The van der Waals surface area contributed by atoms with Crippen LogP contribution < -0.4 is 16.4 Å². The summed E-state index contributed by atoms with van der Waals surface area (Å²) in [6.45, 7) is 3.14. The van der Waals surface area contributed by atoms with Crippen LogP contribution in [0.4, 0.5) is 0 Å². The zero-order valence-electron chi connectivity index (χ0n) is 10.7. The molecule has 2 amide bonds. The fraction of sp³-hybridized carbons (Fsp3) is 0.727. The van der Waals surface area contributed by atoms with E-state index in [-0.39, 0.29) is 36.5 Å². The predicted octanol–water partition coefficient (Wildman–Crippen LogP) is -0.766. The number of Topliss-reactive ketones (excluding diaryl/α,β-unsaturated/α-hetero) is 1. The standard InChI is InChI=1S/C11H21N3O3S/c1-7(12)3-4-10(16)14-9(6-18)11(17)13-5-8(2)15/h7,9,18H,3-6,12H2,1-2H3,(H,13,17)(H,14,16). The van der Waals surface area contributed by atoms with Crippen LogP contribution in [-0.2, 0) is 14.4 Å². The predicted molar refractivity (Wildman–Crippen MR) is 72.4 cm³/mol. The highest BCUT2D eigenvalue weighted by Gasteiger charge is 2.19. The van der Waals surface area contributed by atoms with E-state index in [1.165, 1.54) is 6.92 Å². The number of carbonyl (C=O) groups is 3. The van der Waals surface area contributed by atoms with E-state index in [0.29, 0.717) is 6.42 Å². The van der Waals surface area contributed by atoms with Crippen molar-refractivity contribution in [3.63, 3.8) is 0 Å². The molecule has 6 nitrogen and oxygen atoms in total. The summed E-state index contributed by atoms with van der Waals surface area (Å²) in [5.74, 6) is -0.628. The quantitative estimate of drug-likeness (QED) is 0.437. The van der Waals surface area contributed by atoms with E-state index in [1.807, 2.05) is 6.92 Å². The van der Waals surface area contributed by atoms with Gasteiger partial charge < -0.3 is 16.4 Å². The number of hydrogen-bond acceptors (Lipinski definition) is 5. The van der Waals surface area contributed by atoms with Gasteiger partial charge >= 0.3 is 0 Å². The van der Waals surface area contributed by atoms with Crippen molar-refractivity contribution < 1.29 is 14.4 Å². The van der Waals surface area contributed by atoms with Crippen molar-refractivity contribution in [2.75, 3.05) is 12.3 Å². The first kappa shape index (κ1) is 16.9. The molecule has 104 valence electrons. The molecule has 0 aliphatic rings. The van der Waals surface area contributed by atoms with E-state index < -0.39 is 11.9 Å². The Labute approximate surface area is 112 Å². The second-order valence-electron chi connectivity index (χ2n) is 4.24. The van der Waals surface area contributed by atoms with Crippen molar-refractivity contribution >= 4 is 30.2 Å². The lowest BCUT2D eigenvalue weighted by Crippen LogP contribution is -2.48. The summed E-state index contributed by atoms with van der Waals surface area (Å²) in [5.41, 5.74) is 5.53. The fourth-order valence-electron chi connectivity index (χ4n) is 1.15. The number of thiol groups is 1. The molecule has 2 unspecified atom stereocenters. The van der Waals surface area contributed by atoms with E-state index in [4.69, 9.17) is 5.73 Å². The third-order valence-electron chi connectivity index (χ3n) is 2.17. The van der Waals surface area contributed by atoms with Crippen LogP contribution >= 0.6 is 12.6 Å². The Morgan fingerprint density at radius 1 is 1.33 bits per heavy atom. The molecule has 0 saturated heterocycles. The summed E-state index contributed by atoms with van der Waals surface area (Å²) in [4.78, 5) is 33.8. The second-order valence-corrected chi connectivity index (χ2v) is 4.60. The molecule has 0 radical (unpaired) electrons. The van der Waals surface area contributed by atoms with Gasteiger partial charge in [-0.2, -0.15) is 12.6 Å². The monoisotopic (exact) mass is 275 g/mol. The first-order valence-corrected chi connectivity index (χ1v) is 6.43. The minimum atomic E-state index is -0.728. The summed E-state index contributed by atoms with van der Waals surface area (Å²) in [6, 6.07) is -0.787. The molecule has 2 atom stereocenters. The van der Waals surface area contributed by atoms with E-state index in [1.54, 1.807) is 0 Å². The minimum absolute atomic E-state index is 0.0428. The Morgan fingerprint density at radius 3 is 2.39 bits per heavy atom. The molecule has 0 saturated carbocycles. The van der Waals surface area contributed by atoms with E-state index >= 15 is 0 Å². The normalized spacial score (nSPS) is 13.6. The summed E-state index contributed by atoms with van der Waals surface area (Å²) in [5, 5.41) is 4.98. The van der Waals surface area contributed by atoms with Gasteiger partial charge in [0, 0.05) is 18.2 Å². The molecule has 0 aliphatic heterocycles. The Hall–Kier alpha value is -1.08. The lowest BCUT2D eigenvalue weighted by molar-refractivity contribution is -0.129. The van der Waals surface area contributed by atoms with Gasteiger partial charge in [-0.3, -0.25) is 14.4 Å². The lowest BCUT2D eigenvalue weighted by atomic mass is 10.2. The zero-order chi connectivity index (χ0) is 14.1. The lowest BCUT2D eigenvalue weighted by Gasteiger charge is -2.16. The van der Waals surface area contributed by atoms with Crippen LogP contribution in [0.3, 0.4) is 0 Å². The molecule has 4 N–H and O–H groups in total. The van der Waals surface area contributed by atoms with Crippen LogP contribution in [0.15, 0.2) is 0 Å². The van der Waals surface area contributed by atoms with Gasteiger partial charge in [0.05, 0.1) is 6.54 Å². The average molecular weight is 275 g/mol. The second kappa shape index (κ2) is 8.93. The van der Waals surface area contributed by atoms with Gasteiger partial charge in [0.1, 0.15) is 11.8 Å². The Bertz CT molecular complexity index is 308. The van der Waals surface area contributed by atoms with Crippen LogP contribution in [-0.4, -0.2) is 42.0 Å². The molecule has 0 heterocycles.